The maximum absolute atomic E-state index is 14.4. The van der Waals surface area contributed by atoms with Gasteiger partial charge in [0, 0.05) is 33.6 Å². The minimum absolute atomic E-state index is 0.147. The van der Waals surface area contributed by atoms with Crippen LogP contribution in [0.3, 0.4) is 0 Å². The van der Waals surface area contributed by atoms with Crippen LogP contribution in [-0.2, 0) is 32.8 Å². The molecule has 42 heavy (non-hydrogen) atoms. The van der Waals surface area contributed by atoms with Gasteiger partial charge < -0.3 is 10.2 Å². The Morgan fingerprint density at radius 2 is 1.45 bits per heavy atom. The third-order valence-electron chi connectivity index (χ3n) is 7.08. The molecule has 3 aromatic rings. The second-order valence-corrected chi connectivity index (χ2v) is 13.5. The van der Waals surface area contributed by atoms with Gasteiger partial charge in [-0.3, -0.25) is 9.59 Å². The maximum atomic E-state index is 14.4. The Kier molecular flexibility index (Phi) is 11.3. The highest BCUT2D eigenvalue weighted by molar-refractivity contribution is 7.90. The molecular formula is C33H44N4O4S. The van der Waals surface area contributed by atoms with Crippen LogP contribution in [0.5, 0.6) is 0 Å². The third kappa shape index (κ3) is 8.66. The molecule has 2 amide bonds. The monoisotopic (exact) mass is 592 g/mol. The van der Waals surface area contributed by atoms with Gasteiger partial charge in [-0.2, -0.15) is 12.7 Å². The lowest BCUT2D eigenvalue weighted by molar-refractivity contribution is -0.140. The summed E-state index contributed by atoms with van der Waals surface area (Å²) in [6, 6.07) is 22.0. The van der Waals surface area contributed by atoms with Gasteiger partial charge >= 0.3 is 10.2 Å². The van der Waals surface area contributed by atoms with Crippen LogP contribution in [0.25, 0.3) is 0 Å². The second kappa shape index (κ2) is 14.5. The summed E-state index contributed by atoms with van der Waals surface area (Å²) < 4.78 is 29.5. The fourth-order valence-corrected chi connectivity index (χ4v) is 5.67. The number of aryl methyl sites for hydroxylation is 3. The number of benzene rings is 3. The first kappa shape index (κ1) is 32.8. The van der Waals surface area contributed by atoms with Crippen LogP contribution in [-0.4, -0.2) is 62.7 Å². The maximum Gasteiger partial charge on any atom is 0.304 e. The van der Waals surface area contributed by atoms with Gasteiger partial charge in [-0.25, -0.2) is 4.31 Å². The molecular weight excluding hydrogens is 548 g/mol. The summed E-state index contributed by atoms with van der Waals surface area (Å²) in [4.78, 5) is 29.6. The van der Waals surface area contributed by atoms with Crippen LogP contribution < -0.4 is 9.62 Å². The topological polar surface area (TPSA) is 90.0 Å². The van der Waals surface area contributed by atoms with Crippen molar-refractivity contribution >= 4 is 27.7 Å². The van der Waals surface area contributed by atoms with Crippen molar-refractivity contribution in [2.24, 2.45) is 5.92 Å². The Bertz CT molecular complexity index is 1460. The predicted octanol–water partition coefficient (Wildman–Crippen LogP) is 4.64. The first-order valence-electron chi connectivity index (χ1n) is 14.2. The van der Waals surface area contributed by atoms with E-state index in [1.54, 1.807) is 6.07 Å². The molecule has 1 atom stereocenters. The van der Waals surface area contributed by atoms with E-state index in [-0.39, 0.29) is 24.8 Å². The van der Waals surface area contributed by atoms with Crippen molar-refractivity contribution in [2.75, 3.05) is 31.5 Å². The molecule has 0 spiro atoms. The van der Waals surface area contributed by atoms with E-state index in [2.05, 4.69) is 5.32 Å². The average molecular weight is 593 g/mol. The molecule has 1 unspecified atom stereocenters. The second-order valence-electron chi connectivity index (χ2n) is 11.4. The molecule has 0 saturated heterocycles. The van der Waals surface area contributed by atoms with Gasteiger partial charge in [0.2, 0.25) is 11.8 Å². The van der Waals surface area contributed by atoms with Gasteiger partial charge in [0.05, 0.1) is 5.69 Å². The molecule has 0 radical (unpaired) electrons. The van der Waals surface area contributed by atoms with Gasteiger partial charge in [-0.15, -0.1) is 0 Å². The van der Waals surface area contributed by atoms with E-state index in [4.69, 9.17) is 0 Å². The minimum Gasteiger partial charge on any atom is -0.354 e. The number of hydrogen-bond donors (Lipinski definition) is 1. The van der Waals surface area contributed by atoms with Crippen molar-refractivity contribution in [1.82, 2.24) is 14.5 Å². The predicted molar refractivity (Wildman–Crippen MR) is 169 cm³/mol. The molecule has 9 heteroatoms. The van der Waals surface area contributed by atoms with E-state index in [1.807, 2.05) is 101 Å². The van der Waals surface area contributed by atoms with Crippen LogP contribution in [0.1, 0.15) is 41.7 Å². The summed E-state index contributed by atoms with van der Waals surface area (Å²) in [6.07, 6.45) is 0.284. The van der Waals surface area contributed by atoms with Gasteiger partial charge in [-0.05, 0) is 55.0 Å². The first-order chi connectivity index (χ1) is 19.8. The summed E-state index contributed by atoms with van der Waals surface area (Å²) in [7, 11) is -1.16. The molecule has 0 aromatic heterocycles. The zero-order valence-electron chi connectivity index (χ0n) is 25.8. The Balaban J connectivity index is 2.11. The number of hydrogen-bond acceptors (Lipinski definition) is 4. The summed E-state index contributed by atoms with van der Waals surface area (Å²) in [5.41, 5.74) is 4.84. The number of amides is 2. The standard InChI is InChI=1S/C33H44N4O4S/c1-24(2)21-34-33(39)31(20-28-11-9-8-10-12-28)36(22-29-17-14-25(3)15-18-29)32(38)23-37(42(40,41)35(6)7)30-19-26(4)13-16-27(30)5/h8-19,24,31H,20-23H2,1-7H3,(H,34,39). The number of nitrogens with one attached hydrogen (secondary N) is 1. The van der Waals surface area contributed by atoms with Crippen LogP contribution in [0.2, 0.25) is 0 Å². The van der Waals surface area contributed by atoms with Crippen molar-refractivity contribution < 1.29 is 18.0 Å². The van der Waals surface area contributed by atoms with Crippen molar-refractivity contribution in [2.45, 2.75) is 53.6 Å². The minimum atomic E-state index is -4.05. The number of carbonyl (C=O) groups is 2. The molecule has 1 N–H and O–H groups in total. The van der Waals surface area contributed by atoms with Crippen LogP contribution in [0, 0.1) is 26.7 Å². The quantitative estimate of drug-likeness (QED) is 0.313. The molecule has 3 rings (SSSR count). The average Bonchev–Trinajstić information content (AvgIpc) is 2.95. The Labute approximate surface area is 251 Å². The summed E-state index contributed by atoms with van der Waals surface area (Å²) in [5.74, 6) is -0.526. The molecule has 0 aliphatic rings. The number of anilines is 1. The molecule has 0 heterocycles. The van der Waals surface area contributed by atoms with Crippen molar-refractivity contribution in [3.8, 4) is 0 Å². The summed E-state index contributed by atoms with van der Waals surface area (Å²) in [5, 5.41) is 3.01. The van der Waals surface area contributed by atoms with Gasteiger partial charge in [0.25, 0.3) is 0 Å². The normalized spacial score (nSPS) is 12.3. The highest BCUT2D eigenvalue weighted by atomic mass is 32.2. The smallest absolute Gasteiger partial charge is 0.304 e. The molecule has 226 valence electrons. The van der Waals surface area contributed by atoms with Crippen molar-refractivity contribution in [3.05, 3.63) is 101 Å². The van der Waals surface area contributed by atoms with Crippen LogP contribution in [0.15, 0.2) is 72.8 Å². The summed E-state index contributed by atoms with van der Waals surface area (Å²) in [6.45, 7) is 9.85. The Morgan fingerprint density at radius 3 is 2.05 bits per heavy atom. The van der Waals surface area contributed by atoms with Crippen LogP contribution >= 0.6 is 0 Å². The largest absolute Gasteiger partial charge is 0.354 e. The summed E-state index contributed by atoms with van der Waals surface area (Å²) >= 11 is 0. The highest BCUT2D eigenvalue weighted by Gasteiger charge is 2.35. The molecule has 3 aromatic carbocycles. The van der Waals surface area contributed by atoms with E-state index in [0.717, 1.165) is 36.4 Å². The first-order valence-corrected chi connectivity index (χ1v) is 15.6. The van der Waals surface area contributed by atoms with Crippen molar-refractivity contribution in [3.63, 3.8) is 0 Å². The zero-order chi connectivity index (χ0) is 31.0. The lowest BCUT2D eigenvalue weighted by Gasteiger charge is -2.35. The van der Waals surface area contributed by atoms with E-state index >= 15 is 0 Å². The van der Waals surface area contributed by atoms with Gasteiger partial charge in [-0.1, -0.05) is 86.1 Å². The molecule has 0 saturated carbocycles. The number of rotatable bonds is 13. The highest BCUT2D eigenvalue weighted by Crippen LogP contribution is 2.26. The SMILES string of the molecule is Cc1ccc(CN(C(=O)CN(c2cc(C)ccc2C)S(=O)(=O)N(C)C)C(Cc2ccccc2)C(=O)NCC(C)C)cc1. The van der Waals surface area contributed by atoms with Crippen LogP contribution in [0.4, 0.5) is 5.69 Å². The molecule has 0 fully saturated rings. The lowest BCUT2D eigenvalue weighted by atomic mass is 10.0. The fraction of sp³-hybridized carbons (Fsp3) is 0.394. The van der Waals surface area contributed by atoms with E-state index in [9.17, 15) is 18.0 Å². The van der Waals surface area contributed by atoms with E-state index < -0.39 is 28.7 Å². The lowest BCUT2D eigenvalue weighted by Crippen LogP contribution is -2.54. The van der Waals surface area contributed by atoms with E-state index in [0.29, 0.717) is 12.2 Å². The van der Waals surface area contributed by atoms with Crippen molar-refractivity contribution in [1.29, 1.82) is 0 Å². The third-order valence-corrected chi connectivity index (χ3v) is 8.89. The number of carbonyl (C=O) groups excluding carboxylic acids is 2. The van der Waals surface area contributed by atoms with Gasteiger partial charge in [0.1, 0.15) is 12.6 Å². The number of nitrogens with zero attached hydrogens (tertiary/aromatic N) is 3. The molecule has 8 nitrogen and oxygen atoms in total. The van der Waals surface area contributed by atoms with Gasteiger partial charge in [0.15, 0.2) is 0 Å². The van der Waals surface area contributed by atoms with E-state index in [1.165, 1.54) is 19.0 Å². The zero-order valence-corrected chi connectivity index (χ0v) is 26.6. The fourth-order valence-electron chi connectivity index (χ4n) is 4.56. The molecule has 0 aliphatic heterocycles. The Hall–Kier alpha value is -3.69. The Morgan fingerprint density at radius 1 is 0.833 bits per heavy atom. The molecule has 0 bridgehead atoms. The molecule has 0 aliphatic carbocycles.